The first-order valence-electron chi connectivity index (χ1n) is 11.8. The summed E-state index contributed by atoms with van der Waals surface area (Å²) in [6, 6.07) is 0. The Morgan fingerprint density at radius 2 is 1.69 bits per heavy atom. The largest absolute Gasteiger partial charge is 0.465 e. The van der Waals surface area contributed by atoms with Gasteiger partial charge in [0.25, 0.3) is 5.91 Å². The highest BCUT2D eigenvalue weighted by Crippen LogP contribution is 2.28. The SMILES string of the molecule is CCCCCCCCCCCCN1CC(C(=O)n2nc(SC)c(C(=O)OC)c2N)CC1=O. The van der Waals surface area contributed by atoms with Crippen molar-refractivity contribution in [1.29, 1.82) is 0 Å². The number of ether oxygens (including phenoxy) is 1. The normalized spacial score (nSPS) is 16.0. The molecule has 1 aliphatic rings. The number of thioether (sulfide) groups is 1. The van der Waals surface area contributed by atoms with Crippen molar-refractivity contribution in [2.24, 2.45) is 5.92 Å². The summed E-state index contributed by atoms with van der Waals surface area (Å²) < 4.78 is 5.81. The highest BCUT2D eigenvalue weighted by molar-refractivity contribution is 7.98. The lowest BCUT2D eigenvalue weighted by molar-refractivity contribution is -0.127. The van der Waals surface area contributed by atoms with Crippen LogP contribution in [0.5, 0.6) is 0 Å². The van der Waals surface area contributed by atoms with E-state index >= 15 is 0 Å². The lowest BCUT2D eigenvalue weighted by Crippen LogP contribution is -2.29. The summed E-state index contributed by atoms with van der Waals surface area (Å²) in [5, 5.41) is 4.54. The number of likely N-dealkylation sites (tertiary alicyclic amines) is 1. The van der Waals surface area contributed by atoms with Gasteiger partial charge in [0.1, 0.15) is 16.4 Å². The molecular weight excluding hydrogens is 428 g/mol. The van der Waals surface area contributed by atoms with E-state index in [0.717, 1.165) is 17.5 Å². The lowest BCUT2D eigenvalue weighted by Gasteiger charge is -2.16. The standard InChI is InChI=1S/C23H38N4O4S/c1-4-5-6-7-8-9-10-11-12-13-14-26-16-17(15-18(26)28)22(29)27-20(24)19(23(30)31-2)21(25-27)32-3/h17H,4-16,24H2,1-3H3. The smallest absolute Gasteiger partial charge is 0.344 e. The molecule has 9 heteroatoms. The third-order valence-corrected chi connectivity index (χ3v) is 6.70. The number of unbranched alkanes of at least 4 members (excludes halogenated alkanes) is 9. The van der Waals surface area contributed by atoms with Crippen LogP contribution in [0.4, 0.5) is 5.82 Å². The predicted octanol–water partition coefficient (Wildman–Crippen LogP) is 4.38. The molecule has 2 heterocycles. The van der Waals surface area contributed by atoms with Crippen molar-refractivity contribution in [2.75, 3.05) is 32.2 Å². The maximum Gasteiger partial charge on any atom is 0.344 e. The van der Waals surface area contributed by atoms with Crippen molar-refractivity contribution in [1.82, 2.24) is 14.7 Å². The van der Waals surface area contributed by atoms with Crippen LogP contribution in [0.15, 0.2) is 5.03 Å². The van der Waals surface area contributed by atoms with Crippen LogP contribution < -0.4 is 5.73 Å². The fraction of sp³-hybridized carbons (Fsp3) is 0.739. The third-order valence-electron chi connectivity index (χ3n) is 6.03. The number of nitrogens with zero attached hydrogens (tertiary/aromatic N) is 3. The molecule has 1 atom stereocenters. The molecule has 0 spiro atoms. The van der Waals surface area contributed by atoms with E-state index in [9.17, 15) is 14.4 Å². The molecule has 1 aromatic heterocycles. The van der Waals surface area contributed by atoms with Gasteiger partial charge in [-0.25, -0.2) is 4.79 Å². The third kappa shape index (κ3) is 6.98. The summed E-state index contributed by atoms with van der Waals surface area (Å²) in [4.78, 5) is 39.2. The van der Waals surface area contributed by atoms with Crippen LogP contribution in [-0.4, -0.2) is 58.9 Å². The van der Waals surface area contributed by atoms with Crippen molar-refractivity contribution >= 4 is 35.4 Å². The number of anilines is 1. The average molecular weight is 467 g/mol. The van der Waals surface area contributed by atoms with Crippen molar-refractivity contribution in [3.8, 4) is 0 Å². The molecule has 0 radical (unpaired) electrons. The summed E-state index contributed by atoms with van der Waals surface area (Å²) in [5.74, 6) is -1.54. The van der Waals surface area contributed by atoms with Gasteiger partial charge in [-0.05, 0) is 12.7 Å². The number of nitrogen functional groups attached to an aromatic ring is 1. The second kappa shape index (κ2) is 13.5. The molecular formula is C23H38N4O4S. The minimum atomic E-state index is -0.629. The number of nitrogens with two attached hydrogens (primary N) is 1. The summed E-state index contributed by atoms with van der Waals surface area (Å²) >= 11 is 1.22. The first-order chi connectivity index (χ1) is 15.4. The maximum atomic E-state index is 13.0. The van der Waals surface area contributed by atoms with Gasteiger partial charge in [-0.1, -0.05) is 64.7 Å². The van der Waals surface area contributed by atoms with Gasteiger partial charge in [0, 0.05) is 19.5 Å². The fourth-order valence-corrected chi connectivity index (χ4v) is 4.69. The van der Waals surface area contributed by atoms with Crippen LogP contribution in [0, 0.1) is 5.92 Å². The first-order valence-corrected chi connectivity index (χ1v) is 13.0. The van der Waals surface area contributed by atoms with Gasteiger partial charge in [-0.2, -0.15) is 9.78 Å². The van der Waals surface area contributed by atoms with E-state index in [1.54, 1.807) is 11.2 Å². The Morgan fingerprint density at radius 3 is 2.25 bits per heavy atom. The van der Waals surface area contributed by atoms with Gasteiger partial charge in [0.05, 0.1) is 13.0 Å². The molecule has 0 aliphatic carbocycles. The van der Waals surface area contributed by atoms with Crippen LogP contribution in [0.3, 0.4) is 0 Å². The zero-order valence-electron chi connectivity index (χ0n) is 19.7. The van der Waals surface area contributed by atoms with Crippen LogP contribution >= 0.6 is 11.8 Å². The predicted molar refractivity (Wildman–Crippen MR) is 127 cm³/mol. The van der Waals surface area contributed by atoms with E-state index in [4.69, 9.17) is 10.5 Å². The number of rotatable bonds is 14. The molecule has 0 saturated carbocycles. The Morgan fingerprint density at radius 1 is 1.09 bits per heavy atom. The minimum absolute atomic E-state index is 0.0108. The topological polar surface area (TPSA) is 108 Å². The summed E-state index contributed by atoms with van der Waals surface area (Å²) in [5.41, 5.74) is 6.13. The molecule has 1 fully saturated rings. The minimum Gasteiger partial charge on any atom is -0.465 e. The molecule has 1 saturated heterocycles. The Hall–Kier alpha value is -2.03. The summed E-state index contributed by atoms with van der Waals surface area (Å²) in [6.45, 7) is 3.28. The van der Waals surface area contributed by atoms with Crippen molar-refractivity contribution in [3.05, 3.63) is 5.56 Å². The highest BCUT2D eigenvalue weighted by atomic mass is 32.2. The molecule has 32 heavy (non-hydrogen) atoms. The highest BCUT2D eigenvalue weighted by Gasteiger charge is 2.37. The Labute approximate surface area is 195 Å². The second-order valence-electron chi connectivity index (χ2n) is 8.43. The summed E-state index contributed by atoms with van der Waals surface area (Å²) in [7, 11) is 1.26. The van der Waals surface area contributed by atoms with Gasteiger partial charge in [0.15, 0.2) is 0 Å². The second-order valence-corrected chi connectivity index (χ2v) is 9.23. The number of esters is 1. The van der Waals surface area contributed by atoms with E-state index in [1.807, 2.05) is 0 Å². The monoisotopic (exact) mass is 466 g/mol. The van der Waals surface area contributed by atoms with E-state index in [0.29, 0.717) is 18.1 Å². The molecule has 8 nitrogen and oxygen atoms in total. The van der Waals surface area contributed by atoms with E-state index in [-0.39, 0.29) is 29.6 Å². The van der Waals surface area contributed by atoms with Crippen LogP contribution in [0.1, 0.15) is 92.7 Å². The number of hydrogen-bond donors (Lipinski definition) is 1. The quantitative estimate of drug-likeness (QED) is 0.246. The van der Waals surface area contributed by atoms with Gasteiger partial charge in [0.2, 0.25) is 5.91 Å². The van der Waals surface area contributed by atoms with E-state index in [2.05, 4.69) is 12.0 Å². The molecule has 0 bridgehead atoms. The zero-order chi connectivity index (χ0) is 23.5. The number of aromatic nitrogens is 2. The van der Waals surface area contributed by atoms with Crippen LogP contribution in [-0.2, 0) is 9.53 Å². The average Bonchev–Trinajstić information content (AvgIpc) is 3.33. The van der Waals surface area contributed by atoms with Gasteiger partial charge in [-0.3, -0.25) is 9.59 Å². The molecule has 2 rings (SSSR count). The first kappa shape index (κ1) is 26.2. The lowest BCUT2D eigenvalue weighted by atomic mass is 10.1. The molecule has 1 aliphatic heterocycles. The molecule has 1 aromatic rings. The fourth-order valence-electron chi connectivity index (χ4n) is 4.13. The molecule has 2 N–H and O–H groups in total. The summed E-state index contributed by atoms with van der Waals surface area (Å²) in [6.07, 6.45) is 14.3. The molecule has 1 amide bonds. The van der Waals surface area contributed by atoms with Crippen molar-refractivity contribution in [2.45, 2.75) is 82.6 Å². The van der Waals surface area contributed by atoms with Gasteiger partial charge < -0.3 is 15.4 Å². The molecule has 0 aromatic carbocycles. The Kier molecular flexibility index (Phi) is 11.1. The molecule has 1 unspecified atom stereocenters. The maximum absolute atomic E-state index is 13.0. The Bertz CT molecular complexity index is 780. The number of carbonyl (C=O) groups is 3. The van der Waals surface area contributed by atoms with E-state index in [1.165, 1.54) is 70.2 Å². The number of methoxy groups -OCH3 is 1. The molecule has 180 valence electrons. The van der Waals surface area contributed by atoms with Crippen LogP contribution in [0.2, 0.25) is 0 Å². The Balaban J connectivity index is 1.78. The zero-order valence-corrected chi connectivity index (χ0v) is 20.5. The number of hydrogen-bond acceptors (Lipinski definition) is 7. The van der Waals surface area contributed by atoms with Gasteiger partial charge in [-0.15, -0.1) is 11.8 Å². The van der Waals surface area contributed by atoms with Gasteiger partial charge >= 0.3 is 5.97 Å². The van der Waals surface area contributed by atoms with Crippen LogP contribution in [0.25, 0.3) is 0 Å². The van der Waals surface area contributed by atoms with Crippen molar-refractivity contribution < 1.29 is 19.1 Å². The number of amides is 1. The van der Waals surface area contributed by atoms with Crippen molar-refractivity contribution in [3.63, 3.8) is 0 Å². The number of carbonyl (C=O) groups excluding carboxylic acids is 3. The van der Waals surface area contributed by atoms with E-state index < -0.39 is 11.9 Å².